The summed E-state index contributed by atoms with van der Waals surface area (Å²) in [6, 6.07) is 25.4. The van der Waals surface area contributed by atoms with Crippen LogP contribution in [0.25, 0.3) is 0 Å². The molecule has 3 aromatic carbocycles. The van der Waals surface area contributed by atoms with Gasteiger partial charge >= 0.3 is 5.97 Å². The molecule has 0 aliphatic carbocycles. The summed E-state index contributed by atoms with van der Waals surface area (Å²) >= 11 is 0. The molecule has 5 nitrogen and oxygen atoms in total. The second-order valence-electron chi connectivity index (χ2n) is 5.88. The minimum atomic E-state index is -0.586. The minimum Gasteiger partial charge on any atom is -0.425 e. The highest BCUT2D eigenvalue weighted by Gasteiger charge is 2.17. The van der Waals surface area contributed by atoms with Crippen LogP contribution in [0, 0.1) is 0 Å². The third-order valence-corrected chi connectivity index (χ3v) is 3.92. The van der Waals surface area contributed by atoms with Crippen molar-refractivity contribution in [3.8, 4) is 5.75 Å². The van der Waals surface area contributed by atoms with Crippen molar-refractivity contribution in [2.24, 2.45) is 5.73 Å². The smallest absolute Gasteiger partial charge is 0.337 e. The molecule has 0 saturated carbocycles. The fourth-order valence-corrected chi connectivity index (χ4v) is 2.67. The van der Waals surface area contributed by atoms with E-state index in [0.717, 1.165) is 11.1 Å². The summed E-state index contributed by atoms with van der Waals surface area (Å²) in [6.07, 6.45) is -0.392. The summed E-state index contributed by atoms with van der Waals surface area (Å²) in [5.41, 5.74) is 7.38. The van der Waals surface area contributed by atoms with Crippen molar-refractivity contribution < 1.29 is 19.1 Å². The van der Waals surface area contributed by atoms with E-state index in [2.05, 4.69) is 0 Å². The number of primary amides is 1. The van der Waals surface area contributed by atoms with E-state index < -0.39 is 18.0 Å². The van der Waals surface area contributed by atoms with E-state index in [0.29, 0.717) is 0 Å². The Kier molecular flexibility index (Phi) is 5.97. The molecule has 0 heterocycles. The Balaban J connectivity index is 1.69. The van der Waals surface area contributed by atoms with Gasteiger partial charge in [-0.3, -0.25) is 4.79 Å². The minimum absolute atomic E-state index is 0.241. The number of carbonyl (C=O) groups is 2. The normalized spacial score (nSPS) is 10.6. The molecule has 0 atom stereocenters. The van der Waals surface area contributed by atoms with Crippen molar-refractivity contribution in [1.29, 1.82) is 0 Å². The molecule has 0 aliphatic heterocycles. The highest BCUT2D eigenvalue weighted by atomic mass is 16.6. The maximum Gasteiger partial charge on any atom is 0.337 e. The molecule has 0 saturated heterocycles. The fourth-order valence-electron chi connectivity index (χ4n) is 2.67. The second kappa shape index (κ2) is 8.78. The van der Waals surface area contributed by atoms with Gasteiger partial charge in [0.05, 0.1) is 0 Å². The van der Waals surface area contributed by atoms with E-state index in [-0.39, 0.29) is 17.9 Å². The van der Waals surface area contributed by atoms with E-state index in [1.165, 1.54) is 6.07 Å². The lowest BCUT2D eigenvalue weighted by atomic mass is 10.0. The van der Waals surface area contributed by atoms with Crippen molar-refractivity contribution >= 4 is 11.9 Å². The van der Waals surface area contributed by atoms with Crippen molar-refractivity contribution in [2.75, 3.05) is 6.61 Å². The summed E-state index contributed by atoms with van der Waals surface area (Å²) in [5.74, 6) is -0.901. The summed E-state index contributed by atoms with van der Waals surface area (Å²) in [4.78, 5) is 23.4. The molecule has 0 bridgehead atoms. The Hall–Kier alpha value is -3.44. The quantitative estimate of drug-likeness (QED) is 0.516. The molecule has 0 unspecified atom stereocenters. The number of rotatable bonds is 7. The molecular weight excluding hydrogens is 342 g/mol. The number of benzene rings is 3. The van der Waals surface area contributed by atoms with Crippen LogP contribution in [-0.2, 0) is 9.53 Å². The number of hydrogen-bond acceptors (Lipinski definition) is 4. The van der Waals surface area contributed by atoms with E-state index in [1.807, 2.05) is 60.7 Å². The first-order valence-electron chi connectivity index (χ1n) is 8.45. The summed E-state index contributed by atoms with van der Waals surface area (Å²) in [7, 11) is 0. The third-order valence-electron chi connectivity index (χ3n) is 3.92. The van der Waals surface area contributed by atoms with Crippen LogP contribution in [0.4, 0.5) is 0 Å². The largest absolute Gasteiger partial charge is 0.425 e. The Labute approximate surface area is 157 Å². The van der Waals surface area contributed by atoms with Gasteiger partial charge < -0.3 is 15.2 Å². The molecular formula is C22H19NO4. The molecule has 1 amide bonds. The number of amides is 1. The Bertz CT molecular complexity index is 870. The van der Waals surface area contributed by atoms with Crippen LogP contribution in [-0.4, -0.2) is 18.5 Å². The zero-order valence-electron chi connectivity index (χ0n) is 14.6. The van der Waals surface area contributed by atoms with Crippen molar-refractivity contribution in [1.82, 2.24) is 0 Å². The van der Waals surface area contributed by atoms with Crippen LogP contribution in [0.5, 0.6) is 5.75 Å². The van der Waals surface area contributed by atoms with Crippen LogP contribution in [0.3, 0.4) is 0 Å². The van der Waals surface area contributed by atoms with E-state index >= 15 is 0 Å². The van der Waals surface area contributed by atoms with Crippen molar-refractivity contribution in [3.05, 3.63) is 102 Å². The van der Waals surface area contributed by atoms with Gasteiger partial charge in [0.15, 0.2) is 0 Å². The summed E-state index contributed by atoms with van der Waals surface area (Å²) in [5, 5.41) is 0. The Morgan fingerprint density at radius 3 is 1.96 bits per heavy atom. The lowest BCUT2D eigenvalue weighted by Crippen LogP contribution is -2.19. The van der Waals surface area contributed by atoms with Gasteiger partial charge in [-0.1, -0.05) is 66.7 Å². The third kappa shape index (κ3) is 5.03. The average molecular weight is 361 g/mol. The van der Waals surface area contributed by atoms with Gasteiger partial charge in [-0.2, -0.15) is 0 Å². The van der Waals surface area contributed by atoms with Gasteiger partial charge in [-0.05, 0) is 29.3 Å². The van der Waals surface area contributed by atoms with Crippen molar-refractivity contribution in [2.45, 2.75) is 6.10 Å². The molecule has 0 fully saturated rings. The molecule has 2 N–H and O–H groups in total. The summed E-state index contributed by atoms with van der Waals surface area (Å²) in [6.45, 7) is -0.241. The molecule has 0 spiro atoms. The Morgan fingerprint density at radius 2 is 1.41 bits per heavy atom. The van der Waals surface area contributed by atoms with Gasteiger partial charge in [0, 0.05) is 5.56 Å². The number of hydrogen-bond donors (Lipinski definition) is 1. The maximum atomic E-state index is 12.2. The topological polar surface area (TPSA) is 78.6 Å². The number of esters is 1. The van der Waals surface area contributed by atoms with Crippen LogP contribution < -0.4 is 10.5 Å². The summed E-state index contributed by atoms with van der Waals surface area (Å²) < 4.78 is 11.1. The zero-order valence-corrected chi connectivity index (χ0v) is 14.6. The number of carbonyl (C=O) groups excluding carboxylic acids is 2. The predicted molar refractivity (Wildman–Crippen MR) is 101 cm³/mol. The van der Waals surface area contributed by atoms with Crippen LogP contribution in [0.15, 0.2) is 84.9 Å². The first-order valence-corrected chi connectivity index (χ1v) is 8.45. The predicted octanol–water partition coefficient (Wildman–Crippen LogP) is 3.50. The lowest BCUT2D eigenvalue weighted by molar-refractivity contribution is -0.140. The first-order chi connectivity index (χ1) is 13.1. The highest BCUT2D eigenvalue weighted by Crippen LogP contribution is 2.25. The average Bonchev–Trinajstić information content (AvgIpc) is 2.70. The Morgan fingerprint density at radius 1 is 0.815 bits per heavy atom. The maximum absolute atomic E-state index is 12.2. The molecule has 5 heteroatoms. The van der Waals surface area contributed by atoms with Gasteiger partial charge in [-0.15, -0.1) is 0 Å². The highest BCUT2D eigenvalue weighted by molar-refractivity contribution is 5.93. The van der Waals surface area contributed by atoms with E-state index in [1.54, 1.807) is 18.2 Å². The van der Waals surface area contributed by atoms with Gasteiger partial charge in [-0.25, -0.2) is 4.79 Å². The standard InChI is InChI=1S/C22H19NO4/c23-22(25)18-12-7-13-19(14-18)27-20(24)15-26-21(16-8-3-1-4-9-16)17-10-5-2-6-11-17/h1-14,21H,15H2,(H2,23,25). The van der Waals surface area contributed by atoms with Crippen molar-refractivity contribution in [3.63, 3.8) is 0 Å². The van der Waals surface area contributed by atoms with Crippen LogP contribution >= 0.6 is 0 Å². The van der Waals surface area contributed by atoms with Gasteiger partial charge in [0.25, 0.3) is 0 Å². The zero-order chi connectivity index (χ0) is 19.1. The monoisotopic (exact) mass is 361 g/mol. The van der Waals surface area contributed by atoms with Gasteiger partial charge in [0.1, 0.15) is 18.5 Å². The fraction of sp³-hybridized carbons (Fsp3) is 0.0909. The molecule has 27 heavy (non-hydrogen) atoms. The van der Waals surface area contributed by atoms with Crippen LogP contribution in [0.2, 0.25) is 0 Å². The van der Waals surface area contributed by atoms with E-state index in [4.69, 9.17) is 15.2 Å². The molecule has 136 valence electrons. The molecule has 0 radical (unpaired) electrons. The number of nitrogens with two attached hydrogens (primary N) is 1. The SMILES string of the molecule is NC(=O)c1cccc(OC(=O)COC(c2ccccc2)c2ccccc2)c1. The molecule has 0 aromatic heterocycles. The lowest BCUT2D eigenvalue weighted by Gasteiger charge is -2.18. The second-order valence-corrected chi connectivity index (χ2v) is 5.88. The molecule has 3 aromatic rings. The van der Waals surface area contributed by atoms with Crippen LogP contribution in [0.1, 0.15) is 27.6 Å². The molecule has 0 aliphatic rings. The number of ether oxygens (including phenoxy) is 2. The molecule has 3 rings (SSSR count). The van der Waals surface area contributed by atoms with E-state index in [9.17, 15) is 9.59 Å². The first kappa shape index (κ1) is 18.4. The van der Waals surface area contributed by atoms with Gasteiger partial charge in [0.2, 0.25) is 5.91 Å².